The summed E-state index contributed by atoms with van der Waals surface area (Å²) in [7, 11) is 0. The van der Waals surface area contributed by atoms with Gasteiger partial charge in [0.1, 0.15) is 0 Å². The molecular formula is C19H20Cl3N3O. The lowest BCUT2D eigenvalue weighted by Crippen LogP contribution is -2.48. The van der Waals surface area contributed by atoms with Crippen LogP contribution in [0.5, 0.6) is 0 Å². The summed E-state index contributed by atoms with van der Waals surface area (Å²) in [6.45, 7) is 4.82. The normalized spacial score (nSPS) is 15.8. The predicted octanol–water partition coefficient (Wildman–Crippen LogP) is 4.40. The number of carbonyl (C=O) groups is 1. The van der Waals surface area contributed by atoms with Gasteiger partial charge in [-0.25, -0.2) is 0 Å². The van der Waals surface area contributed by atoms with Crippen molar-refractivity contribution >= 4 is 46.4 Å². The highest BCUT2D eigenvalue weighted by Crippen LogP contribution is 2.33. The van der Waals surface area contributed by atoms with E-state index in [2.05, 4.69) is 39.4 Å². The fraction of sp³-hybridized carbons (Fsp3) is 0.316. The molecule has 138 valence electrons. The average molecular weight is 413 g/mol. The molecular weight excluding hydrogens is 393 g/mol. The van der Waals surface area contributed by atoms with Crippen LogP contribution >= 0.6 is 34.8 Å². The monoisotopic (exact) mass is 411 g/mol. The molecule has 0 spiro atoms. The van der Waals surface area contributed by atoms with E-state index in [-0.39, 0.29) is 5.91 Å². The third kappa shape index (κ3) is 5.35. The Hall–Kier alpha value is -1.30. The number of carbonyl (C=O) groups excluding carboxylic acids is 1. The van der Waals surface area contributed by atoms with E-state index in [1.807, 2.05) is 6.07 Å². The first-order valence-electron chi connectivity index (χ1n) is 8.44. The quantitative estimate of drug-likeness (QED) is 0.790. The molecule has 0 atom stereocenters. The lowest BCUT2D eigenvalue weighted by molar-refractivity contribution is -0.117. The zero-order valence-corrected chi connectivity index (χ0v) is 16.5. The Morgan fingerprint density at radius 2 is 1.50 bits per heavy atom. The van der Waals surface area contributed by atoms with Crippen molar-refractivity contribution in [3.63, 3.8) is 0 Å². The van der Waals surface area contributed by atoms with Crippen molar-refractivity contribution in [3.05, 3.63) is 63.1 Å². The Morgan fingerprint density at radius 3 is 2.12 bits per heavy atom. The van der Waals surface area contributed by atoms with E-state index in [4.69, 9.17) is 34.8 Å². The molecule has 7 heteroatoms. The van der Waals surface area contributed by atoms with Gasteiger partial charge in [0.2, 0.25) is 5.91 Å². The maximum atomic E-state index is 12.3. The lowest BCUT2D eigenvalue weighted by Gasteiger charge is -2.34. The van der Waals surface area contributed by atoms with Gasteiger partial charge >= 0.3 is 0 Å². The number of hydrogen-bond acceptors (Lipinski definition) is 3. The largest absolute Gasteiger partial charge is 0.322 e. The van der Waals surface area contributed by atoms with Crippen LogP contribution in [-0.4, -0.2) is 48.4 Å². The molecule has 0 radical (unpaired) electrons. The van der Waals surface area contributed by atoms with Crippen LogP contribution in [0.15, 0.2) is 42.5 Å². The zero-order valence-electron chi connectivity index (χ0n) is 14.2. The number of piperazine rings is 1. The van der Waals surface area contributed by atoms with Crippen LogP contribution in [0.2, 0.25) is 15.1 Å². The van der Waals surface area contributed by atoms with E-state index in [0.717, 1.165) is 32.7 Å². The highest BCUT2D eigenvalue weighted by Gasteiger charge is 2.20. The second-order valence-electron chi connectivity index (χ2n) is 6.33. The minimum atomic E-state index is -0.132. The zero-order chi connectivity index (χ0) is 18.5. The molecule has 1 heterocycles. The number of anilines is 1. The van der Waals surface area contributed by atoms with E-state index in [1.54, 1.807) is 12.1 Å². The third-order valence-corrected chi connectivity index (χ3v) is 5.17. The molecule has 3 rings (SSSR count). The number of hydrogen-bond donors (Lipinski definition) is 1. The molecule has 1 fully saturated rings. The number of rotatable bonds is 5. The number of benzene rings is 2. The fourth-order valence-corrected chi connectivity index (χ4v) is 3.90. The molecule has 2 aromatic rings. The van der Waals surface area contributed by atoms with E-state index < -0.39 is 0 Å². The number of amides is 1. The van der Waals surface area contributed by atoms with Crippen molar-refractivity contribution in [3.8, 4) is 0 Å². The Morgan fingerprint density at radius 1 is 0.923 bits per heavy atom. The SMILES string of the molecule is O=C(CN1CCN(Cc2ccccc2)CC1)Nc1c(Cl)cc(Cl)cc1Cl. The summed E-state index contributed by atoms with van der Waals surface area (Å²) in [5, 5.41) is 3.90. The molecule has 2 aromatic carbocycles. The lowest BCUT2D eigenvalue weighted by atomic mass is 10.2. The Bertz CT molecular complexity index is 739. The summed E-state index contributed by atoms with van der Waals surface area (Å²) in [4.78, 5) is 16.9. The Labute approximate surface area is 168 Å². The van der Waals surface area contributed by atoms with Gasteiger partial charge < -0.3 is 5.32 Å². The molecule has 1 aliphatic rings. The van der Waals surface area contributed by atoms with E-state index in [9.17, 15) is 4.79 Å². The Balaban J connectivity index is 1.48. The first-order valence-corrected chi connectivity index (χ1v) is 9.57. The van der Waals surface area contributed by atoms with Crippen molar-refractivity contribution in [2.45, 2.75) is 6.54 Å². The van der Waals surface area contributed by atoms with Gasteiger partial charge in [0.05, 0.1) is 22.3 Å². The van der Waals surface area contributed by atoms with Gasteiger partial charge in [0.15, 0.2) is 0 Å². The molecule has 26 heavy (non-hydrogen) atoms. The number of nitrogens with zero attached hydrogens (tertiary/aromatic N) is 2. The predicted molar refractivity (Wildman–Crippen MR) is 108 cm³/mol. The molecule has 0 bridgehead atoms. The topological polar surface area (TPSA) is 35.6 Å². The minimum absolute atomic E-state index is 0.132. The molecule has 0 unspecified atom stereocenters. The first kappa shape index (κ1) is 19.5. The molecule has 4 nitrogen and oxygen atoms in total. The molecule has 1 saturated heterocycles. The third-order valence-electron chi connectivity index (χ3n) is 4.35. The van der Waals surface area contributed by atoms with E-state index >= 15 is 0 Å². The average Bonchev–Trinajstić information content (AvgIpc) is 2.61. The molecule has 1 amide bonds. The molecule has 0 aliphatic carbocycles. The van der Waals surface area contributed by atoms with Gasteiger partial charge in [-0.15, -0.1) is 0 Å². The van der Waals surface area contributed by atoms with Gasteiger partial charge in [0.25, 0.3) is 0 Å². The summed E-state index contributed by atoms with van der Waals surface area (Å²) in [5.74, 6) is -0.132. The van der Waals surface area contributed by atoms with Crippen LogP contribution in [0.25, 0.3) is 0 Å². The summed E-state index contributed by atoms with van der Waals surface area (Å²) in [6, 6.07) is 13.5. The van der Waals surface area contributed by atoms with Crippen LogP contribution in [0, 0.1) is 0 Å². The van der Waals surface area contributed by atoms with Crippen LogP contribution < -0.4 is 5.32 Å². The van der Waals surface area contributed by atoms with Gasteiger partial charge in [-0.1, -0.05) is 65.1 Å². The van der Waals surface area contributed by atoms with Crippen LogP contribution in [-0.2, 0) is 11.3 Å². The smallest absolute Gasteiger partial charge is 0.238 e. The summed E-state index contributed by atoms with van der Waals surface area (Å²) in [6.07, 6.45) is 0. The second-order valence-corrected chi connectivity index (χ2v) is 7.58. The highest BCUT2D eigenvalue weighted by atomic mass is 35.5. The number of halogens is 3. The van der Waals surface area contributed by atoms with Crippen LogP contribution in [0.4, 0.5) is 5.69 Å². The fourth-order valence-electron chi connectivity index (χ4n) is 2.99. The van der Waals surface area contributed by atoms with Gasteiger partial charge in [-0.3, -0.25) is 14.6 Å². The maximum absolute atomic E-state index is 12.3. The first-order chi connectivity index (χ1) is 12.5. The maximum Gasteiger partial charge on any atom is 0.238 e. The van der Waals surface area contributed by atoms with Crippen molar-refractivity contribution in [1.29, 1.82) is 0 Å². The number of nitrogens with one attached hydrogen (secondary N) is 1. The minimum Gasteiger partial charge on any atom is -0.322 e. The van der Waals surface area contributed by atoms with Gasteiger partial charge in [-0.05, 0) is 17.7 Å². The Kier molecular flexibility index (Phi) is 6.79. The molecule has 0 aromatic heterocycles. The second kappa shape index (κ2) is 9.07. The molecule has 1 aliphatic heterocycles. The van der Waals surface area contributed by atoms with E-state index in [1.165, 1.54) is 5.56 Å². The van der Waals surface area contributed by atoms with Gasteiger partial charge in [0, 0.05) is 37.7 Å². The summed E-state index contributed by atoms with van der Waals surface area (Å²) in [5.41, 5.74) is 1.72. The van der Waals surface area contributed by atoms with Crippen molar-refractivity contribution in [1.82, 2.24) is 9.80 Å². The molecule has 1 N–H and O–H groups in total. The van der Waals surface area contributed by atoms with Crippen molar-refractivity contribution in [2.75, 3.05) is 38.0 Å². The highest BCUT2D eigenvalue weighted by molar-refractivity contribution is 6.42. The van der Waals surface area contributed by atoms with Crippen LogP contribution in [0.1, 0.15) is 5.56 Å². The summed E-state index contributed by atoms with van der Waals surface area (Å²) >= 11 is 18.1. The molecule has 0 saturated carbocycles. The van der Waals surface area contributed by atoms with Gasteiger partial charge in [-0.2, -0.15) is 0 Å². The summed E-state index contributed by atoms with van der Waals surface area (Å²) < 4.78 is 0. The van der Waals surface area contributed by atoms with E-state index in [0.29, 0.717) is 27.3 Å². The standard InChI is InChI=1S/C19H20Cl3N3O/c20-15-10-16(21)19(17(22)11-15)23-18(26)13-25-8-6-24(7-9-25)12-14-4-2-1-3-5-14/h1-5,10-11H,6-9,12-13H2,(H,23,26). The van der Waals surface area contributed by atoms with Crippen molar-refractivity contribution < 1.29 is 4.79 Å². The van der Waals surface area contributed by atoms with Crippen LogP contribution in [0.3, 0.4) is 0 Å². The van der Waals surface area contributed by atoms with Crippen molar-refractivity contribution in [2.24, 2.45) is 0 Å².